The number of hydrogen-bond donors (Lipinski definition) is 1. The molecule has 1 aliphatic rings. The van der Waals surface area contributed by atoms with E-state index in [-0.39, 0.29) is 0 Å². The molecule has 1 saturated heterocycles. The Kier molecular flexibility index (Phi) is 5.64. The molecule has 2 heterocycles. The SMILES string of the molecule is CCCn1ccnc1CNCCN1CCOCC1. The van der Waals surface area contributed by atoms with E-state index in [9.17, 15) is 0 Å². The Hall–Kier alpha value is -0.910. The van der Waals surface area contributed by atoms with Crippen LogP contribution >= 0.6 is 0 Å². The summed E-state index contributed by atoms with van der Waals surface area (Å²) < 4.78 is 7.56. The van der Waals surface area contributed by atoms with Crippen molar-refractivity contribution in [3.05, 3.63) is 18.2 Å². The first kappa shape index (κ1) is 13.5. The number of imidazole rings is 1. The molecule has 2 rings (SSSR count). The molecular weight excluding hydrogens is 228 g/mol. The maximum Gasteiger partial charge on any atom is 0.122 e. The Bertz CT molecular complexity index is 333. The van der Waals surface area contributed by atoms with Crippen LogP contribution in [0.15, 0.2) is 12.4 Å². The topological polar surface area (TPSA) is 42.3 Å². The summed E-state index contributed by atoms with van der Waals surface area (Å²) in [5.41, 5.74) is 0. The molecule has 1 N–H and O–H groups in total. The summed E-state index contributed by atoms with van der Waals surface area (Å²) in [6.45, 7) is 10.1. The first-order valence-corrected chi connectivity index (χ1v) is 6.91. The van der Waals surface area contributed by atoms with E-state index in [1.165, 1.54) is 0 Å². The third-order valence-electron chi connectivity index (χ3n) is 3.26. The van der Waals surface area contributed by atoms with Crippen LogP contribution in [-0.2, 0) is 17.8 Å². The number of ether oxygens (including phenoxy) is 1. The van der Waals surface area contributed by atoms with E-state index in [1.807, 2.05) is 6.20 Å². The van der Waals surface area contributed by atoms with Crippen molar-refractivity contribution in [2.24, 2.45) is 0 Å². The summed E-state index contributed by atoms with van der Waals surface area (Å²) in [4.78, 5) is 6.83. The number of nitrogens with zero attached hydrogens (tertiary/aromatic N) is 3. The fourth-order valence-electron chi connectivity index (χ4n) is 2.21. The zero-order valence-electron chi connectivity index (χ0n) is 11.3. The van der Waals surface area contributed by atoms with Gasteiger partial charge in [0.2, 0.25) is 0 Å². The molecule has 0 saturated carbocycles. The minimum Gasteiger partial charge on any atom is -0.379 e. The van der Waals surface area contributed by atoms with E-state index in [1.54, 1.807) is 0 Å². The molecule has 0 aromatic carbocycles. The fourth-order valence-corrected chi connectivity index (χ4v) is 2.21. The zero-order valence-corrected chi connectivity index (χ0v) is 11.3. The summed E-state index contributed by atoms with van der Waals surface area (Å²) in [5, 5.41) is 3.47. The second-order valence-corrected chi connectivity index (χ2v) is 4.67. The summed E-state index contributed by atoms with van der Waals surface area (Å²) in [6, 6.07) is 0. The second-order valence-electron chi connectivity index (χ2n) is 4.67. The van der Waals surface area contributed by atoms with Gasteiger partial charge in [0.05, 0.1) is 19.8 Å². The van der Waals surface area contributed by atoms with Gasteiger partial charge in [0.25, 0.3) is 0 Å². The lowest BCUT2D eigenvalue weighted by molar-refractivity contribution is 0.0384. The Morgan fingerprint density at radius 1 is 1.33 bits per heavy atom. The van der Waals surface area contributed by atoms with Crippen LogP contribution < -0.4 is 5.32 Å². The molecule has 0 atom stereocenters. The lowest BCUT2D eigenvalue weighted by Gasteiger charge is -2.26. The van der Waals surface area contributed by atoms with Gasteiger partial charge in [-0.25, -0.2) is 4.98 Å². The molecule has 0 radical (unpaired) electrons. The highest BCUT2D eigenvalue weighted by atomic mass is 16.5. The predicted molar refractivity (Wildman–Crippen MR) is 71.5 cm³/mol. The predicted octanol–water partition coefficient (Wildman–Crippen LogP) is 0.715. The van der Waals surface area contributed by atoms with Crippen molar-refractivity contribution in [3.63, 3.8) is 0 Å². The first-order chi connectivity index (χ1) is 8.90. The molecule has 102 valence electrons. The van der Waals surface area contributed by atoms with Crippen molar-refractivity contribution >= 4 is 0 Å². The molecule has 0 amide bonds. The monoisotopic (exact) mass is 252 g/mol. The summed E-state index contributed by atoms with van der Waals surface area (Å²) in [7, 11) is 0. The molecule has 1 fully saturated rings. The second kappa shape index (κ2) is 7.51. The van der Waals surface area contributed by atoms with Crippen LogP contribution in [0, 0.1) is 0 Å². The molecule has 0 aliphatic carbocycles. The molecule has 1 aromatic heterocycles. The van der Waals surface area contributed by atoms with Crippen LogP contribution in [0.4, 0.5) is 0 Å². The van der Waals surface area contributed by atoms with Gasteiger partial charge in [0.15, 0.2) is 0 Å². The molecule has 0 unspecified atom stereocenters. The Morgan fingerprint density at radius 3 is 2.94 bits per heavy atom. The number of nitrogens with one attached hydrogen (secondary N) is 1. The third-order valence-corrected chi connectivity index (χ3v) is 3.26. The fraction of sp³-hybridized carbons (Fsp3) is 0.769. The highest BCUT2D eigenvalue weighted by Crippen LogP contribution is 1.99. The average Bonchev–Trinajstić information content (AvgIpc) is 2.84. The lowest BCUT2D eigenvalue weighted by atomic mass is 10.4. The number of rotatable bonds is 7. The van der Waals surface area contributed by atoms with Crippen molar-refractivity contribution < 1.29 is 4.74 Å². The number of morpholine rings is 1. The zero-order chi connectivity index (χ0) is 12.6. The Labute approximate surface area is 109 Å². The highest BCUT2D eigenvalue weighted by Gasteiger charge is 2.09. The van der Waals surface area contributed by atoms with E-state index in [0.29, 0.717) is 0 Å². The van der Waals surface area contributed by atoms with Gasteiger partial charge in [-0.15, -0.1) is 0 Å². The number of aromatic nitrogens is 2. The van der Waals surface area contributed by atoms with Gasteiger partial charge < -0.3 is 14.6 Å². The summed E-state index contributed by atoms with van der Waals surface area (Å²) in [5.74, 6) is 1.14. The minimum atomic E-state index is 0.858. The molecule has 18 heavy (non-hydrogen) atoms. The van der Waals surface area contributed by atoms with Gasteiger partial charge in [-0.3, -0.25) is 4.90 Å². The van der Waals surface area contributed by atoms with E-state index in [2.05, 4.69) is 32.9 Å². The minimum absolute atomic E-state index is 0.858. The van der Waals surface area contributed by atoms with Gasteiger partial charge in [0.1, 0.15) is 5.82 Å². The smallest absolute Gasteiger partial charge is 0.122 e. The van der Waals surface area contributed by atoms with Crippen LogP contribution in [0.5, 0.6) is 0 Å². The molecule has 5 heteroatoms. The quantitative estimate of drug-likeness (QED) is 0.726. The molecule has 0 spiro atoms. The van der Waals surface area contributed by atoms with E-state index in [4.69, 9.17) is 4.74 Å². The first-order valence-electron chi connectivity index (χ1n) is 6.91. The maximum absolute atomic E-state index is 5.33. The third kappa shape index (κ3) is 4.08. The van der Waals surface area contributed by atoms with E-state index >= 15 is 0 Å². The normalized spacial score (nSPS) is 17.2. The molecular formula is C13H24N4O. The van der Waals surface area contributed by atoms with Crippen molar-refractivity contribution in [1.82, 2.24) is 19.8 Å². The number of hydrogen-bond acceptors (Lipinski definition) is 4. The van der Waals surface area contributed by atoms with Crippen LogP contribution in [0.25, 0.3) is 0 Å². The Morgan fingerprint density at radius 2 is 2.17 bits per heavy atom. The van der Waals surface area contributed by atoms with Gasteiger partial charge in [-0.1, -0.05) is 6.92 Å². The average molecular weight is 252 g/mol. The van der Waals surface area contributed by atoms with E-state index < -0.39 is 0 Å². The summed E-state index contributed by atoms with van der Waals surface area (Å²) in [6.07, 6.45) is 5.09. The van der Waals surface area contributed by atoms with Crippen LogP contribution in [0.2, 0.25) is 0 Å². The molecule has 0 bridgehead atoms. The molecule has 1 aromatic rings. The van der Waals surface area contributed by atoms with Gasteiger partial charge >= 0.3 is 0 Å². The van der Waals surface area contributed by atoms with Crippen molar-refractivity contribution in [2.75, 3.05) is 39.4 Å². The van der Waals surface area contributed by atoms with Crippen LogP contribution in [-0.4, -0.2) is 53.8 Å². The number of aryl methyl sites for hydroxylation is 1. The van der Waals surface area contributed by atoms with Crippen LogP contribution in [0.3, 0.4) is 0 Å². The summed E-state index contributed by atoms with van der Waals surface area (Å²) >= 11 is 0. The van der Waals surface area contributed by atoms with Crippen molar-refractivity contribution in [1.29, 1.82) is 0 Å². The van der Waals surface area contributed by atoms with Gasteiger partial charge in [0, 0.05) is 45.1 Å². The standard InChI is InChI=1S/C13H24N4O/c1-2-5-17-7-4-15-13(17)12-14-3-6-16-8-10-18-11-9-16/h4,7,14H,2-3,5-6,8-12H2,1H3. The van der Waals surface area contributed by atoms with Gasteiger partial charge in [-0.05, 0) is 6.42 Å². The van der Waals surface area contributed by atoms with E-state index in [0.717, 1.165) is 64.7 Å². The highest BCUT2D eigenvalue weighted by molar-refractivity contribution is 4.91. The molecule has 5 nitrogen and oxygen atoms in total. The lowest BCUT2D eigenvalue weighted by Crippen LogP contribution is -2.40. The largest absolute Gasteiger partial charge is 0.379 e. The van der Waals surface area contributed by atoms with Gasteiger partial charge in [-0.2, -0.15) is 0 Å². The van der Waals surface area contributed by atoms with Crippen molar-refractivity contribution in [2.45, 2.75) is 26.4 Å². The van der Waals surface area contributed by atoms with Crippen LogP contribution in [0.1, 0.15) is 19.2 Å². The molecule has 1 aliphatic heterocycles. The maximum atomic E-state index is 5.33. The van der Waals surface area contributed by atoms with Crippen molar-refractivity contribution in [3.8, 4) is 0 Å². The Balaban J connectivity index is 1.63.